The van der Waals surface area contributed by atoms with Crippen molar-refractivity contribution in [3.63, 3.8) is 0 Å². The number of unbranched alkanes of at least 4 members (excludes halogenated alkanes) is 1. The summed E-state index contributed by atoms with van der Waals surface area (Å²) in [5.41, 5.74) is 2.09. The van der Waals surface area contributed by atoms with Crippen molar-refractivity contribution in [2.75, 3.05) is 6.54 Å². The van der Waals surface area contributed by atoms with Crippen molar-refractivity contribution in [1.29, 1.82) is 0 Å². The Morgan fingerprint density at radius 3 is 2.75 bits per heavy atom. The molecule has 0 unspecified atom stereocenters. The third-order valence-corrected chi connectivity index (χ3v) is 3.43. The lowest BCUT2D eigenvalue weighted by Gasteiger charge is -2.00. The van der Waals surface area contributed by atoms with Gasteiger partial charge in [-0.3, -0.25) is 0 Å². The number of nitrogens with zero attached hydrogens (tertiary/aromatic N) is 1. The number of carboxylic acid groups (broad SMARTS) is 1. The van der Waals surface area contributed by atoms with E-state index < -0.39 is 6.09 Å². The van der Waals surface area contributed by atoms with Crippen LogP contribution in [0.4, 0.5) is 4.79 Å². The molecule has 106 valence electrons. The van der Waals surface area contributed by atoms with E-state index in [1.54, 1.807) is 0 Å². The number of rotatable bonds is 6. The number of aromatic amines is 1. The number of carbonyl (C=O) groups is 1. The van der Waals surface area contributed by atoms with Crippen LogP contribution < -0.4 is 5.32 Å². The molecule has 5 nitrogen and oxygen atoms in total. The van der Waals surface area contributed by atoms with E-state index in [1.165, 1.54) is 0 Å². The zero-order valence-corrected chi connectivity index (χ0v) is 12.5. The molecule has 0 spiro atoms. The van der Waals surface area contributed by atoms with Gasteiger partial charge < -0.3 is 15.4 Å². The van der Waals surface area contributed by atoms with Crippen LogP contribution in [-0.2, 0) is 6.42 Å². The van der Waals surface area contributed by atoms with Gasteiger partial charge >= 0.3 is 6.09 Å². The fraction of sp³-hybridized carbons (Fsp3) is 0.286. The van der Waals surface area contributed by atoms with Crippen molar-refractivity contribution in [3.05, 3.63) is 40.8 Å². The summed E-state index contributed by atoms with van der Waals surface area (Å²) in [7, 11) is 0. The van der Waals surface area contributed by atoms with E-state index >= 15 is 0 Å². The Hall–Kier alpha value is -1.82. The average molecular weight is 338 g/mol. The van der Waals surface area contributed by atoms with Crippen LogP contribution in [-0.4, -0.2) is 27.7 Å². The highest BCUT2D eigenvalue weighted by Gasteiger charge is 2.03. The molecule has 0 aliphatic rings. The Morgan fingerprint density at radius 1 is 1.30 bits per heavy atom. The molecule has 1 heterocycles. The normalized spacial score (nSPS) is 10.4. The van der Waals surface area contributed by atoms with E-state index in [1.807, 2.05) is 30.5 Å². The number of hydrogen-bond acceptors (Lipinski definition) is 2. The number of halogens is 1. The Kier molecular flexibility index (Phi) is 5.17. The van der Waals surface area contributed by atoms with Crippen molar-refractivity contribution in [2.24, 2.45) is 0 Å². The lowest BCUT2D eigenvalue weighted by Crippen LogP contribution is -2.21. The fourth-order valence-electron chi connectivity index (χ4n) is 1.88. The van der Waals surface area contributed by atoms with Gasteiger partial charge in [-0.2, -0.15) is 0 Å². The van der Waals surface area contributed by atoms with Gasteiger partial charge in [-0.25, -0.2) is 9.78 Å². The molecule has 0 aliphatic carbocycles. The summed E-state index contributed by atoms with van der Waals surface area (Å²) < 4.78 is 1.05. The first-order valence-corrected chi connectivity index (χ1v) is 7.21. The summed E-state index contributed by atoms with van der Waals surface area (Å²) >= 11 is 3.41. The third kappa shape index (κ3) is 4.38. The van der Waals surface area contributed by atoms with Gasteiger partial charge in [-0.15, -0.1) is 0 Å². The Bertz CT molecular complexity index is 566. The van der Waals surface area contributed by atoms with Crippen LogP contribution in [0.5, 0.6) is 0 Å². The number of hydrogen-bond donors (Lipinski definition) is 3. The third-order valence-electron chi connectivity index (χ3n) is 2.90. The summed E-state index contributed by atoms with van der Waals surface area (Å²) in [6, 6.07) is 8.04. The number of aryl methyl sites for hydroxylation is 1. The predicted molar refractivity (Wildman–Crippen MR) is 80.7 cm³/mol. The highest BCUT2D eigenvalue weighted by Crippen LogP contribution is 2.20. The average Bonchev–Trinajstić information content (AvgIpc) is 2.87. The van der Waals surface area contributed by atoms with E-state index in [4.69, 9.17) is 5.11 Å². The number of amides is 1. The maximum Gasteiger partial charge on any atom is 0.404 e. The Labute approximate surface area is 125 Å². The van der Waals surface area contributed by atoms with Gasteiger partial charge in [-0.1, -0.05) is 28.1 Å². The monoisotopic (exact) mass is 337 g/mol. The summed E-state index contributed by atoms with van der Waals surface area (Å²) in [4.78, 5) is 17.9. The molecule has 1 amide bonds. The molecule has 20 heavy (non-hydrogen) atoms. The van der Waals surface area contributed by atoms with Crippen LogP contribution in [0.1, 0.15) is 18.7 Å². The first-order chi connectivity index (χ1) is 9.65. The van der Waals surface area contributed by atoms with Gasteiger partial charge in [-0.05, 0) is 30.5 Å². The minimum absolute atomic E-state index is 0.482. The molecule has 0 saturated carbocycles. The Balaban J connectivity index is 1.83. The first-order valence-electron chi connectivity index (χ1n) is 6.42. The van der Waals surface area contributed by atoms with Gasteiger partial charge in [0.25, 0.3) is 0 Å². The van der Waals surface area contributed by atoms with Gasteiger partial charge in [0.15, 0.2) is 0 Å². The highest BCUT2D eigenvalue weighted by molar-refractivity contribution is 9.10. The second-order valence-corrected chi connectivity index (χ2v) is 5.36. The van der Waals surface area contributed by atoms with E-state index in [9.17, 15) is 4.79 Å². The van der Waals surface area contributed by atoms with Crippen LogP contribution in [0.3, 0.4) is 0 Å². The molecule has 1 aromatic heterocycles. The SMILES string of the molecule is O=C(O)NCCCCc1ncc(-c2ccc(Br)cc2)[nH]1. The second-order valence-electron chi connectivity index (χ2n) is 4.44. The zero-order chi connectivity index (χ0) is 14.4. The summed E-state index contributed by atoms with van der Waals surface area (Å²) in [5, 5.41) is 10.8. The van der Waals surface area contributed by atoms with Crippen molar-refractivity contribution < 1.29 is 9.90 Å². The summed E-state index contributed by atoms with van der Waals surface area (Å²) in [6.45, 7) is 0.482. The molecule has 0 radical (unpaired) electrons. The molecule has 0 bridgehead atoms. The molecule has 0 atom stereocenters. The quantitative estimate of drug-likeness (QED) is 0.706. The van der Waals surface area contributed by atoms with Gasteiger partial charge in [0.05, 0.1) is 11.9 Å². The van der Waals surface area contributed by atoms with E-state index in [0.29, 0.717) is 6.54 Å². The molecule has 3 N–H and O–H groups in total. The lowest BCUT2D eigenvalue weighted by atomic mass is 10.2. The molecule has 2 aromatic rings. The number of nitrogens with one attached hydrogen (secondary N) is 2. The number of imidazole rings is 1. The van der Waals surface area contributed by atoms with E-state index in [2.05, 4.69) is 31.2 Å². The number of benzene rings is 1. The summed E-state index contributed by atoms with van der Waals surface area (Å²) in [5.74, 6) is 0.929. The van der Waals surface area contributed by atoms with Crippen molar-refractivity contribution in [2.45, 2.75) is 19.3 Å². The molecule has 0 aliphatic heterocycles. The van der Waals surface area contributed by atoms with Crippen LogP contribution in [0.15, 0.2) is 34.9 Å². The standard InChI is InChI=1S/C14H16BrN3O2/c15-11-6-4-10(5-7-11)12-9-17-13(18-12)3-1-2-8-16-14(19)20/h4-7,9,16H,1-3,8H2,(H,17,18)(H,19,20). The van der Waals surface area contributed by atoms with Crippen molar-refractivity contribution >= 4 is 22.0 Å². The molecular weight excluding hydrogens is 322 g/mol. The molecule has 0 saturated heterocycles. The molecular formula is C14H16BrN3O2. The van der Waals surface area contributed by atoms with Crippen molar-refractivity contribution in [3.8, 4) is 11.3 Å². The topological polar surface area (TPSA) is 78.0 Å². The number of aromatic nitrogens is 2. The fourth-order valence-corrected chi connectivity index (χ4v) is 2.14. The van der Waals surface area contributed by atoms with Gasteiger partial charge in [0.2, 0.25) is 0 Å². The maximum absolute atomic E-state index is 10.3. The minimum atomic E-state index is -0.972. The number of H-pyrrole nitrogens is 1. The lowest BCUT2D eigenvalue weighted by molar-refractivity contribution is 0.194. The van der Waals surface area contributed by atoms with Crippen LogP contribution in [0.25, 0.3) is 11.3 Å². The molecule has 0 fully saturated rings. The highest BCUT2D eigenvalue weighted by atomic mass is 79.9. The van der Waals surface area contributed by atoms with E-state index in [-0.39, 0.29) is 0 Å². The van der Waals surface area contributed by atoms with E-state index in [0.717, 1.165) is 40.8 Å². The predicted octanol–water partition coefficient (Wildman–Crippen LogP) is 3.43. The maximum atomic E-state index is 10.3. The van der Waals surface area contributed by atoms with Crippen LogP contribution in [0, 0.1) is 0 Å². The van der Waals surface area contributed by atoms with Gasteiger partial charge in [0, 0.05) is 17.4 Å². The van der Waals surface area contributed by atoms with Crippen LogP contribution in [0.2, 0.25) is 0 Å². The summed E-state index contributed by atoms with van der Waals surface area (Å²) in [6.07, 6.45) is 3.38. The largest absolute Gasteiger partial charge is 0.465 e. The second kappa shape index (κ2) is 7.09. The minimum Gasteiger partial charge on any atom is -0.465 e. The smallest absolute Gasteiger partial charge is 0.404 e. The van der Waals surface area contributed by atoms with Crippen LogP contribution >= 0.6 is 15.9 Å². The van der Waals surface area contributed by atoms with Crippen molar-refractivity contribution in [1.82, 2.24) is 15.3 Å². The van der Waals surface area contributed by atoms with Gasteiger partial charge in [0.1, 0.15) is 5.82 Å². The Morgan fingerprint density at radius 2 is 2.05 bits per heavy atom. The first kappa shape index (κ1) is 14.6. The molecule has 2 rings (SSSR count). The zero-order valence-electron chi connectivity index (χ0n) is 10.9. The molecule has 6 heteroatoms. The molecule has 1 aromatic carbocycles.